The standard InChI is InChI=1S/C14H18N4O/c1-4-5-9-16-13(15)18-14(19)17-12-10(2)7-6-8-11(12)3/h6-8H,9H2,1-3H3,(H4,15,16,17,18,19). The van der Waals surface area contributed by atoms with Gasteiger partial charge in [-0.3, -0.25) is 5.32 Å². The quantitative estimate of drug-likeness (QED) is 0.429. The average Bonchev–Trinajstić information content (AvgIpc) is 2.34. The number of nitrogens with one attached hydrogen (secondary N) is 2. The number of hydrogen-bond acceptors (Lipinski definition) is 2. The number of hydrogen-bond donors (Lipinski definition) is 3. The summed E-state index contributed by atoms with van der Waals surface area (Å²) in [6.45, 7) is 5.84. The lowest BCUT2D eigenvalue weighted by Gasteiger charge is -2.11. The number of guanidine groups is 1. The van der Waals surface area contributed by atoms with E-state index in [1.807, 2.05) is 32.0 Å². The molecule has 0 saturated carbocycles. The van der Waals surface area contributed by atoms with E-state index in [9.17, 15) is 4.79 Å². The molecule has 0 fully saturated rings. The SMILES string of the molecule is CC#CCN=C(N)NC(=O)Nc1c(C)cccc1C. The molecule has 5 heteroatoms. The molecule has 5 nitrogen and oxygen atoms in total. The van der Waals surface area contributed by atoms with Gasteiger partial charge in [0.05, 0.1) is 0 Å². The van der Waals surface area contributed by atoms with Gasteiger partial charge in [0, 0.05) is 5.69 Å². The lowest BCUT2D eigenvalue weighted by Crippen LogP contribution is -2.39. The zero-order valence-corrected chi connectivity index (χ0v) is 11.4. The molecule has 2 amide bonds. The third kappa shape index (κ3) is 4.72. The Morgan fingerprint density at radius 2 is 2.00 bits per heavy atom. The molecule has 0 radical (unpaired) electrons. The summed E-state index contributed by atoms with van der Waals surface area (Å²) < 4.78 is 0. The minimum Gasteiger partial charge on any atom is -0.370 e. The fourth-order valence-electron chi connectivity index (χ4n) is 1.52. The Morgan fingerprint density at radius 3 is 2.58 bits per heavy atom. The molecule has 1 rings (SSSR count). The van der Waals surface area contributed by atoms with Crippen LogP contribution in [0.3, 0.4) is 0 Å². The molecule has 0 atom stereocenters. The molecular weight excluding hydrogens is 240 g/mol. The number of aryl methyl sites for hydroxylation is 2. The smallest absolute Gasteiger partial charge is 0.326 e. The number of para-hydroxylation sites is 1. The van der Waals surface area contributed by atoms with Crippen molar-refractivity contribution < 1.29 is 4.79 Å². The molecule has 0 aliphatic heterocycles. The summed E-state index contributed by atoms with van der Waals surface area (Å²) in [5.74, 6) is 5.47. The van der Waals surface area contributed by atoms with Crippen LogP contribution in [-0.2, 0) is 0 Å². The highest BCUT2D eigenvalue weighted by Gasteiger charge is 2.07. The molecular formula is C14H18N4O. The minimum atomic E-state index is -0.414. The first kappa shape index (κ1) is 14.6. The first-order chi connectivity index (χ1) is 9.04. The summed E-state index contributed by atoms with van der Waals surface area (Å²) in [4.78, 5) is 15.6. The molecule has 0 aromatic heterocycles. The Bertz CT molecular complexity index is 532. The molecule has 1 aromatic rings. The molecule has 0 heterocycles. The van der Waals surface area contributed by atoms with Crippen molar-refractivity contribution >= 4 is 17.7 Å². The third-order valence-electron chi connectivity index (χ3n) is 2.47. The van der Waals surface area contributed by atoms with E-state index in [1.165, 1.54) is 0 Å². The second kappa shape index (κ2) is 7.07. The van der Waals surface area contributed by atoms with E-state index in [0.29, 0.717) is 0 Å². The Morgan fingerprint density at radius 1 is 1.37 bits per heavy atom. The fourth-order valence-corrected chi connectivity index (χ4v) is 1.52. The van der Waals surface area contributed by atoms with Gasteiger partial charge in [-0.05, 0) is 31.9 Å². The van der Waals surface area contributed by atoms with Crippen LogP contribution in [0.15, 0.2) is 23.2 Å². The van der Waals surface area contributed by atoms with Gasteiger partial charge in [-0.15, -0.1) is 5.92 Å². The van der Waals surface area contributed by atoms with Crippen LogP contribution in [0, 0.1) is 25.7 Å². The van der Waals surface area contributed by atoms with Gasteiger partial charge in [0.2, 0.25) is 0 Å². The topological polar surface area (TPSA) is 79.5 Å². The first-order valence-electron chi connectivity index (χ1n) is 5.88. The Kier molecular flexibility index (Phi) is 5.42. The predicted octanol–water partition coefficient (Wildman–Crippen LogP) is 1.76. The molecule has 0 spiro atoms. The number of anilines is 1. The highest BCUT2D eigenvalue weighted by molar-refractivity contribution is 6.02. The van der Waals surface area contributed by atoms with E-state index < -0.39 is 6.03 Å². The molecule has 100 valence electrons. The number of carbonyl (C=O) groups is 1. The van der Waals surface area contributed by atoms with Crippen LogP contribution < -0.4 is 16.4 Å². The molecule has 19 heavy (non-hydrogen) atoms. The fraction of sp³-hybridized carbons (Fsp3) is 0.286. The van der Waals surface area contributed by atoms with Crippen LogP contribution in [0.25, 0.3) is 0 Å². The number of aliphatic imine (C=N–C) groups is 1. The van der Waals surface area contributed by atoms with Crippen molar-refractivity contribution in [2.45, 2.75) is 20.8 Å². The van der Waals surface area contributed by atoms with E-state index in [2.05, 4.69) is 27.5 Å². The van der Waals surface area contributed by atoms with Gasteiger partial charge in [0.15, 0.2) is 5.96 Å². The van der Waals surface area contributed by atoms with Gasteiger partial charge in [-0.1, -0.05) is 24.1 Å². The molecule has 0 saturated heterocycles. The van der Waals surface area contributed by atoms with Crippen LogP contribution in [0.1, 0.15) is 18.1 Å². The van der Waals surface area contributed by atoms with E-state index >= 15 is 0 Å². The van der Waals surface area contributed by atoms with Gasteiger partial charge < -0.3 is 11.1 Å². The molecule has 0 unspecified atom stereocenters. The second-order valence-electron chi connectivity index (χ2n) is 3.97. The van der Waals surface area contributed by atoms with Crippen molar-refractivity contribution in [2.24, 2.45) is 10.7 Å². The summed E-state index contributed by atoms with van der Waals surface area (Å²) in [6.07, 6.45) is 0. The van der Waals surface area contributed by atoms with Crippen LogP contribution in [0.5, 0.6) is 0 Å². The molecule has 0 bridgehead atoms. The van der Waals surface area contributed by atoms with Crippen LogP contribution in [-0.4, -0.2) is 18.5 Å². The van der Waals surface area contributed by atoms with E-state index in [4.69, 9.17) is 5.73 Å². The van der Waals surface area contributed by atoms with Crippen LogP contribution >= 0.6 is 0 Å². The average molecular weight is 258 g/mol. The summed E-state index contributed by atoms with van der Waals surface area (Å²) in [5, 5.41) is 5.20. The zero-order chi connectivity index (χ0) is 14.3. The maximum Gasteiger partial charge on any atom is 0.326 e. The van der Waals surface area contributed by atoms with E-state index in [0.717, 1.165) is 16.8 Å². The number of benzene rings is 1. The van der Waals surface area contributed by atoms with Crippen molar-refractivity contribution in [3.05, 3.63) is 29.3 Å². The molecule has 0 aliphatic rings. The van der Waals surface area contributed by atoms with Gasteiger partial charge in [-0.25, -0.2) is 9.79 Å². The number of carbonyl (C=O) groups excluding carboxylic acids is 1. The normalized spacial score (nSPS) is 10.4. The Labute approximate surface area is 113 Å². The third-order valence-corrected chi connectivity index (χ3v) is 2.47. The van der Waals surface area contributed by atoms with Gasteiger partial charge >= 0.3 is 6.03 Å². The van der Waals surface area contributed by atoms with Crippen LogP contribution in [0.4, 0.5) is 10.5 Å². The Balaban J connectivity index is 2.65. The number of rotatable bonds is 2. The van der Waals surface area contributed by atoms with Gasteiger partial charge in [0.25, 0.3) is 0 Å². The summed E-state index contributed by atoms with van der Waals surface area (Å²) in [5.41, 5.74) is 8.31. The predicted molar refractivity (Wildman–Crippen MR) is 78.0 cm³/mol. The number of amides is 2. The van der Waals surface area contributed by atoms with Crippen molar-refractivity contribution in [2.75, 3.05) is 11.9 Å². The highest BCUT2D eigenvalue weighted by Crippen LogP contribution is 2.18. The largest absolute Gasteiger partial charge is 0.370 e. The zero-order valence-electron chi connectivity index (χ0n) is 11.4. The lowest BCUT2D eigenvalue weighted by molar-refractivity contribution is 0.256. The monoisotopic (exact) mass is 258 g/mol. The minimum absolute atomic E-state index is 0.0477. The highest BCUT2D eigenvalue weighted by atomic mass is 16.2. The van der Waals surface area contributed by atoms with E-state index in [1.54, 1.807) is 6.92 Å². The Hall–Kier alpha value is -2.48. The van der Waals surface area contributed by atoms with Crippen molar-refractivity contribution in [3.63, 3.8) is 0 Å². The summed E-state index contributed by atoms with van der Waals surface area (Å²) in [7, 11) is 0. The molecule has 4 N–H and O–H groups in total. The van der Waals surface area contributed by atoms with Crippen molar-refractivity contribution in [1.82, 2.24) is 5.32 Å². The number of nitrogens with two attached hydrogens (primary N) is 1. The maximum absolute atomic E-state index is 11.7. The summed E-state index contributed by atoms with van der Waals surface area (Å²) in [6, 6.07) is 5.38. The van der Waals surface area contributed by atoms with Crippen molar-refractivity contribution in [3.8, 4) is 11.8 Å². The number of urea groups is 1. The molecule has 1 aromatic carbocycles. The van der Waals surface area contributed by atoms with Crippen molar-refractivity contribution in [1.29, 1.82) is 0 Å². The molecule has 0 aliphatic carbocycles. The summed E-state index contributed by atoms with van der Waals surface area (Å²) >= 11 is 0. The van der Waals surface area contributed by atoms with Crippen LogP contribution in [0.2, 0.25) is 0 Å². The number of nitrogens with zero attached hydrogens (tertiary/aromatic N) is 1. The first-order valence-corrected chi connectivity index (χ1v) is 5.88. The van der Waals surface area contributed by atoms with Gasteiger partial charge in [-0.2, -0.15) is 0 Å². The van der Waals surface area contributed by atoms with E-state index in [-0.39, 0.29) is 12.5 Å². The van der Waals surface area contributed by atoms with Gasteiger partial charge in [0.1, 0.15) is 6.54 Å². The maximum atomic E-state index is 11.7. The second-order valence-corrected chi connectivity index (χ2v) is 3.97. The lowest BCUT2D eigenvalue weighted by atomic mass is 10.1.